The Hall–Kier alpha value is -2.70. The fraction of sp³-hybridized carbons (Fsp3) is 0.750. The number of carbonyl (C=O) groups excluding carboxylic acids is 5. The minimum atomic E-state index is -1.69. The predicted molar refractivity (Wildman–Crippen MR) is 137 cm³/mol. The molecule has 2 spiro atoms. The van der Waals surface area contributed by atoms with Gasteiger partial charge in [0, 0.05) is 33.6 Å². The first-order chi connectivity index (χ1) is 19.1. The largest absolute Gasteiger partial charge is 0.462 e. The van der Waals surface area contributed by atoms with Crippen LogP contribution in [0.2, 0.25) is 0 Å². The van der Waals surface area contributed by atoms with Crippen molar-refractivity contribution in [1.82, 2.24) is 0 Å². The summed E-state index contributed by atoms with van der Waals surface area (Å²) in [6.07, 6.45) is -6.51. The van der Waals surface area contributed by atoms with Crippen molar-refractivity contribution >= 4 is 41.4 Å². The van der Waals surface area contributed by atoms with Crippen LogP contribution in [0.25, 0.3) is 0 Å². The number of alkyl halides is 1. The molecule has 5 aliphatic rings. The van der Waals surface area contributed by atoms with Crippen LogP contribution in [0, 0.1) is 17.3 Å². The fourth-order valence-corrected chi connectivity index (χ4v) is 8.15. The van der Waals surface area contributed by atoms with Crippen LogP contribution in [0.1, 0.15) is 54.4 Å². The van der Waals surface area contributed by atoms with Crippen LogP contribution in [0.15, 0.2) is 12.2 Å². The number of esters is 5. The van der Waals surface area contributed by atoms with Gasteiger partial charge >= 0.3 is 29.8 Å². The molecule has 1 saturated carbocycles. The van der Waals surface area contributed by atoms with E-state index >= 15 is 0 Å². The van der Waals surface area contributed by atoms with Crippen molar-refractivity contribution in [2.45, 2.75) is 108 Å². The molecule has 4 saturated heterocycles. The van der Waals surface area contributed by atoms with Crippen molar-refractivity contribution < 1.29 is 57.1 Å². The molecule has 41 heavy (non-hydrogen) atoms. The standard InChI is InChI=1S/C28H35ClO12/c1-11-18(29)22-28(12(2)25(34)40-22)24(39-16(6)33)21-26(7,17(36-13(3)30)8-9-27(21)10-35-27)23(38-15(5)32)20(19(11)41-28)37-14(4)31/h12,17-24H,1,8-10H2,2-7H3/t12-,17-,18-,19+,20+,21+,22-,23-,24-,26-,27-,28-/m0/s1. The first-order valence-corrected chi connectivity index (χ1v) is 14.1. The number of hydrogen-bond donors (Lipinski definition) is 0. The van der Waals surface area contributed by atoms with E-state index < -0.39 is 100 Å². The van der Waals surface area contributed by atoms with Gasteiger partial charge in [-0.05, 0) is 25.3 Å². The van der Waals surface area contributed by atoms with Gasteiger partial charge in [0.25, 0.3) is 0 Å². The molecule has 0 aromatic carbocycles. The number of carbonyl (C=O) groups is 5. The first-order valence-electron chi connectivity index (χ1n) is 13.6. The number of fused-ring (bicyclic) bond motifs is 3. The number of epoxide rings is 1. The molecule has 0 radical (unpaired) electrons. The summed E-state index contributed by atoms with van der Waals surface area (Å²) in [5, 5.41) is -1.05. The van der Waals surface area contributed by atoms with Gasteiger partial charge in [0.05, 0.1) is 28.9 Å². The van der Waals surface area contributed by atoms with E-state index in [-0.39, 0.29) is 12.2 Å². The highest BCUT2D eigenvalue weighted by Gasteiger charge is 2.80. The Morgan fingerprint density at radius 3 is 2.05 bits per heavy atom. The van der Waals surface area contributed by atoms with Crippen LogP contribution in [0.3, 0.4) is 0 Å². The zero-order valence-electron chi connectivity index (χ0n) is 23.8. The third-order valence-electron chi connectivity index (χ3n) is 9.46. The van der Waals surface area contributed by atoms with E-state index in [1.165, 1.54) is 27.7 Å². The van der Waals surface area contributed by atoms with Crippen molar-refractivity contribution in [2.75, 3.05) is 6.61 Å². The maximum atomic E-state index is 13.2. The molecule has 226 valence electrons. The topological polar surface area (TPSA) is 153 Å². The average molecular weight is 599 g/mol. The van der Waals surface area contributed by atoms with Crippen LogP contribution in [-0.4, -0.2) is 89.7 Å². The van der Waals surface area contributed by atoms with Gasteiger partial charge in [0.15, 0.2) is 23.9 Å². The summed E-state index contributed by atoms with van der Waals surface area (Å²) in [5.41, 5.74) is -3.83. The van der Waals surface area contributed by atoms with E-state index in [2.05, 4.69) is 6.58 Å². The summed E-state index contributed by atoms with van der Waals surface area (Å²) in [6, 6.07) is 0. The van der Waals surface area contributed by atoms with Gasteiger partial charge in [-0.2, -0.15) is 0 Å². The van der Waals surface area contributed by atoms with Crippen LogP contribution < -0.4 is 0 Å². The smallest absolute Gasteiger partial charge is 0.312 e. The molecular formula is C28H35ClO12. The third-order valence-corrected chi connectivity index (χ3v) is 9.97. The van der Waals surface area contributed by atoms with Crippen LogP contribution >= 0.6 is 11.6 Å². The number of ether oxygens (including phenoxy) is 7. The molecule has 0 unspecified atom stereocenters. The van der Waals surface area contributed by atoms with Gasteiger partial charge in [0.1, 0.15) is 18.3 Å². The van der Waals surface area contributed by atoms with Crippen molar-refractivity contribution in [2.24, 2.45) is 17.3 Å². The molecule has 5 rings (SSSR count). The molecule has 0 aromatic heterocycles. The molecule has 13 heteroatoms. The Balaban J connectivity index is 1.86. The summed E-state index contributed by atoms with van der Waals surface area (Å²) in [5.74, 6) is -5.25. The second kappa shape index (κ2) is 9.95. The summed E-state index contributed by atoms with van der Waals surface area (Å²) >= 11 is 6.93. The van der Waals surface area contributed by atoms with E-state index in [1.807, 2.05) is 0 Å². The monoisotopic (exact) mass is 598 g/mol. The molecule has 0 amide bonds. The van der Waals surface area contributed by atoms with Gasteiger partial charge in [-0.25, -0.2) is 0 Å². The molecule has 5 fully saturated rings. The highest BCUT2D eigenvalue weighted by atomic mass is 35.5. The van der Waals surface area contributed by atoms with E-state index in [0.29, 0.717) is 12.8 Å². The van der Waals surface area contributed by atoms with Crippen molar-refractivity contribution in [1.29, 1.82) is 0 Å². The lowest BCUT2D eigenvalue weighted by Gasteiger charge is -2.62. The average Bonchev–Trinajstić information content (AvgIpc) is 3.58. The fourth-order valence-electron chi connectivity index (χ4n) is 7.78. The maximum absolute atomic E-state index is 13.2. The highest BCUT2D eigenvalue weighted by molar-refractivity contribution is 6.23. The maximum Gasteiger partial charge on any atom is 0.312 e. The lowest BCUT2D eigenvalue weighted by Crippen LogP contribution is -2.77. The Bertz CT molecular complexity index is 1200. The molecule has 0 N–H and O–H groups in total. The Labute approximate surface area is 242 Å². The van der Waals surface area contributed by atoms with Crippen LogP contribution in [0.4, 0.5) is 0 Å². The summed E-state index contributed by atoms with van der Waals surface area (Å²) in [6.45, 7) is 12.5. The molecule has 2 bridgehead atoms. The number of hydrogen-bond acceptors (Lipinski definition) is 12. The zero-order chi connectivity index (χ0) is 30.2. The predicted octanol–water partition coefficient (Wildman–Crippen LogP) is 1.77. The number of rotatable bonds is 4. The molecular weight excluding hydrogens is 564 g/mol. The quantitative estimate of drug-likeness (QED) is 0.152. The minimum absolute atomic E-state index is 0.207. The second-order valence-corrected chi connectivity index (χ2v) is 12.4. The van der Waals surface area contributed by atoms with Crippen molar-refractivity contribution in [3.63, 3.8) is 0 Å². The Kier molecular flexibility index (Phi) is 7.22. The van der Waals surface area contributed by atoms with Gasteiger partial charge < -0.3 is 33.2 Å². The second-order valence-electron chi connectivity index (χ2n) is 11.9. The normalized spacial score (nSPS) is 46.2. The molecule has 4 heterocycles. The van der Waals surface area contributed by atoms with Gasteiger partial charge in [-0.1, -0.05) is 13.5 Å². The summed E-state index contributed by atoms with van der Waals surface area (Å²) < 4.78 is 42.4. The highest BCUT2D eigenvalue weighted by Crippen LogP contribution is 2.65. The van der Waals surface area contributed by atoms with Gasteiger partial charge in [0.2, 0.25) is 0 Å². The van der Waals surface area contributed by atoms with Crippen molar-refractivity contribution in [3.05, 3.63) is 12.2 Å². The lowest BCUT2D eigenvalue weighted by molar-refractivity contribution is -0.308. The molecule has 12 nitrogen and oxygen atoms in total. The summed E-state index contributed by atoms with van der Waals surface area (Å²) in [7, 11) is 0. The van der Waals surface area contributed by atoms with E-state index in [0.717, 1.165) is 0 Å². The molecule has 12 atom stereocenters. The van der Waals surface area contributed by atoms with E-state index in [4.69, 9.17) is 44.8 Å². The SMILES string of the molecule is C=C1[C@H]2O[C@]3([C@@H](C)C(=O)O[C@H]3[C@H]1Cl)[C@@H](OC(C)=O)[C@H]1[C@]3(CC[C@H](OC(C)=O)[C@]1(C)[C@@H](OC(C)=O)[C@@H]2OC(C)=O)CO3. The van der Waals surface area contributed by atoms with Crippen molar-refractivity contribution in [3.8, 4) is 0 Å². The molecule has 4 aliphatic heterocycles. The van der Waals surface area contributed by atoms with Gasteiger partial charge in [-0.3, -0.25) is 24.0 Å². The van der Waals surface area contributed by atoms with Crippen LogP contribution in [-0.2, 0) is 57.1 Å². The molecule has 0 aromatic rings. The third kappa shape index (κ3) is 4.36. The zero-order valence-corrected chi connectivity index (χ0v) is 24.6. The van der Waals surface area contributed by atoms with Crippen LogP contribution in [0.5, 0.6) is 0 Å². The Morgan fingerprint density at radius 1 is 0.951 bits per heavy atom. The number of halogens is 1. The summed E-state index contributed by atoms with van der Waals surface area (Å²) in [4.78, 5) is 63.7. The molecule has 1 aliphatic carbocycles. The minimum Gasteiger partial charge on any atom is -0.462 e. The van der Waals surface area contributed by atoms with E-state index in [1.54, 1.807) is 13.8 Å². The van der Waals surface area contributed by atoms with Gasteiger partial charge in [-0.15, -0.1) is 11.6 Å². The first kappa shape index (κ1) is 29.8. The van der Waals surface area contributed by atoms with E-state index in [9.17, 15) is 24.0 Å². The Morgan fingerprint density at radius 2 is 1.51 bits per heavy atom. The lowest BCUT2D eigenvalue weighted by atomic mass is 9.51.